The van der Waals surface area contributed by atoms with Crippen LogP contribution >= 0.6 is 0 Å². The fraction of sp³-hybridized carbons (Fsp3) is 0.292. The monoisotopic (exact) mass is 481 g/mol. The van der Waals surface area contributed by atoms with E-state index in [9.17, 15) is 17.6 Å². The molecule has 0 bridgehead atoms. The number of hydrogen-bond acceptors (Lipinski definition) is 5. The molecule has 8 nitrogen and oxygen atoms in total. The number of aromatic nitrogens is 2. The highest BCUT2D eigenvalue weighted by Crippen LogP contribution is 2.30. The number of aryl methyl sites for hydroxylation is 1. The van der Waals surface area contributed by atoms with E-state index in [1.54, 1.807) is 53.4 Å². The SMILES string of the molecule is Cn1ccnc1[C@@H](NC(=O)C1CCN(C2=NS(=O)(=O)c3ccccc32)CC1)c1cccc(F)c1. The van der Waals surface area contributed by atoms with Gasteiger partial charge >= 0.3 is 0 Å². The molecule has 1 fully saturated rings. The van der Waals surface area contributed by atoms with Gasteiger partial charge in [0.25, 0.3) is 10.0 Å². The largest absolute Gasteiger partial charge is 0.355 e. The summed E-state index contributed by atoms with van der Waals surface area (Å²) in [6.07, 6.45) is 4.51. The number of sulfonamides is 1. The van der Waals surface area contributed by atoms with E-state index in [0.717, 1.165) is 0 Å². The molecule has 0 unspecified atom stereocenters. The molecule has 2 aliphatic heterocycles. The minimum absolute atomic E-state index is 0.140. The molecule has 0 radical (unpaired) electrons. The molecule has 1 N–H and O–H groups in total. The lowest BCUT2D eigenvalue weighted by molar-refractivity contribution is -0.126. The summed E-state index contributed by atoms with van der Waals surface area (Å²) >= 11 is 0. The number of carbonyl (C=O) groups is 1. The van der Waals surface area contributed by atoms with Gasteiger partial charge in [-0.05, 0) is 42.7 Å². The normalized spacial score (nSPS) is 18.3. The maximum absolute atomic E-state index is 13.9. The Morgan fingerprint density at radius 2 is 1.91 bits per heavy atom. The lowest BCUT2D eigenvalue weighted by atomic mass is 9.94. The summed E-state index contributed by atoms with van der Waals surface area (Å²) in [6, 6.07) is 12.3. The van der Waals surface area contributed by atoms with Crippen molar-refractivity contribution in [2.45, 2.75) is 23.8 Å². The summed E-state index contributed by atoms with van der Waals surface area (Å²) in [6.45, 7) is 1.02. The topological polar surface area (TPSA) is 96.7 Å². The molecular formula is C24H24FN5O3S. The van der Waals surface area contributed by atoms with Crippen molar-refractivity contribution in [3.63, 3.8) is 0 Å². The summed E-state index contributed by atoms with van der Waals surface area (Å²) in [7, 11) is -1.86. The molecule has 1 saturated heterocycles. The van der Waals surface area contributed by atoms with E-state index in [1.807, 2.05) is 11.9 Å². The van der Waals surface area contributed by atoms with Gasteiger partial charge in [0.15, 0.2) is 5.84 Å². The van der Waals surface area contributed by atoms with Crippen molar-refractivity contribution < 1.29 is 17.6 Å². The fourth-order valence-electron chi connectivity index (χ4n) is 4.57. The lowest BCUT2D eigenvalue weighted by Gasteiger charge is -2.33. The van der Waals surface area contributed by atoms with Crippen LogP contribution in [-0.4, -0.2) is 47.7 Å². The van der Waals surface area contributed by atoms with Gasteiger partial charge in [0.05, 0.1) is 0 Å². The maximum Gasteiger partial charge on any atom is 0.285 e. The molecule has 2 aliphatic rings. The number of rotatable bonds is 4. The number of carbonyl (C=O) groups excluding carboxylic acids is 1. The molecular weight excluding hydrogens is 457 g/mol. The smallest absolute Gasteiger partial charge is 0.285 e. The zero-order chi connectivity index (χ0) is 23.9. The Kier molecular flexibility index (Phi) is 5.68. The first kappa shape index (κ1) is 22.3. The third-order valence-electron chi connectivity index (χ3n) is 6.36. The van der Waals surface area contributed by atoms with Gasteiger partial charge in [-0.3, -0.25) is 4.79 Å². The number of hydrogen-bond donors (Lipinski definition) is 1. The molecule has 10 heteroatoms. The van der Waals surface area contributed by atoms with Crippen LogP contribution in [-0.2, 0) is 21.9 Å². The molecule has 2 aromatic carbocycles. The van der Waals surface area contributed by atoms with Gasteiger partial charge in [0.1, 0.15) is 22.6 Å². The van der Waals surface area contributed by atoms with Crippen molar-refractivity contribution >= 4 is 21.8 Å². The number of halogens is 1. The summed E-state index contributed by atoms with van der Waals surface area (Å²) < 4.78 is 44.5. The number of fused-ring (bicyclic) bond motifs is 1. The lowest BCUT2D eigenvalue weighted by Crippen LogP contribution is -2.44. The van der Waals surface area contributed by atoms with E-state index in [1.165, 1.54) is 12.1 Å². The quantitative estimate of drug-likeness (QED) is 0.618. The van der Waals surface area contributed by atoms with E-state index in [4.69, 9.17) is 0 Å². The molecule has 0 saturated carbocycles. The molecule has 0 spiro atoms. The Morgan fingerprint density at radius 1 is 1.15 bits per heavy atom. The first-order valence-electron chi connectivity index (χ1n) is 11.1. The summed E-state index contributed by atoms with van der Waals surface area (Å²) in [4.78, 5) is 19.7. The van der Waals surface area contributed by atoms with Gasteiger partial charge in [-0.1, -0.05) is 24.3 Å². The number of likely N-dealkylation sites (tertiary alicyclic amines) is 1. The van der Waals surface area contributed by atoms with Gasteiger partial charge < -0.3 is 14.8 Å². The second-order valence-corrected chi connectivity index (χ2v) is 10.1. The van der Waals surface area contributed by atoms with Gasteiger partial charge in [-0.2, -0.15) is 8.42 Å². The highest BCUT2D eigenvalue weighted by atomic mass is 32.2. The Hall–Kier alpha value is -3.53. The predicted octanol–water partition coefficient (Wildman–Crippen LogP) is 2.63. The van der Waals surface area contributed by atoms with Gasteiger partial charge in [0, 0.05) is 44.0 Å². The standard InChI is InChI=1S/C24H24FN5O3S/c1-29-14-11-26-23(29)21(17-5-4-6-18(25)15-17)27-24(31)16-9-12-30(13-10-16)22-19-7-2-3-8-20(19)34(32,33)28-22/h2-8,11,14-16,21H,9-10,12-13H2,1H3,(H,27,31)/t21-/m0/s1. The highest BCUT2D eigenvalue weighted by Gasteiger charge is 2.35. The van der Waals surface area contributed by atoms with E-state index in [0.29, 0.717) is 48.7 Å². The number of amidine groups is 1. The van der Waals surface area contributed by atoms with Gasteiger partial charge in [-0.25, -0.2) is 9.37 Å². The van der Waals surface area contributed by atoms with Crippen LogP contribution in [0, 0.1) is 11.7 Å². The third kappa shape index (κ3) is 4.09. The highest BCUT2D eigenvalue weighted by molar-refractivity contribution is 7.90. The second kappa shape index (κ2) is 8.68. The molecule has 176 valence electrons. The van der Waals surface area contributed by atoms with Crippen LogP contribution in [0.5, 0.6) is 0 Å². The number of piperidine rings is 1. The van der Waals surface area contributed by atoms with Crippen molar-refractivity contribution in [3.05, 3.63) is 83.7 Å². The van der Waals surface area contributed by atoms with E-state index < -0.39 is 16.1 Å². The summed E-state index contributed by atoms with van der Waals surface area (Å²) in [5.41, 5.74) is 1.22. The van der Waals surface area contributed by atoms with Gasteiger partial charge in [-0.15, -0.1) is 4.40 Å². The van der Waals surface area contributed by atoms with Crippen LogP contribution in [0.2, 0.25) is 0 Å². The van der Waals surface area contributed by atoms with E-state index in [2.05, 4.69) is 14.7 Å². The molecule has 34 heavy (non-hydrogen) atoms. The second-order valence-electron chi connectivity index (χ2n) is 8.54. The average molecular weight is 482 g/mol. The summed E-state index contributed by atoms with van der Waals surface area (Å²) in [5.74, 6) is 0.269. The Balaban J connectivity index is 1.31. The van der Waals surface area contributed by atoms with Crippen molar-refractivity contribution in [1.82, 2.24) is 19.8 Å². The Labute approximate surface area is 197 Å². The van der Waals surface area contributed by atoms with E-state index >= 15 is 0 Å². The third-order valence-corrected chi connectivity index (χ3v) is 7.69. The van der Waals surface area contributed by atoms with Crippen LogP contribution in [0.4, 0.5) is 4.39 Å². The van der Waals surface area contributed by atoms with Crippen LogP contribution in [0.25, 0.3) is 0 Å². The minimum atomic E-state index is -3.69. The Bertz CT molecular complexity index is 1380. The first-order valence-corrected chi connectivity index (χ1v) is 12.5. The fourth-order valence-corrected chi connectivity index (χ4v) is 5.80. The molecule has 1 atom stereocenters. The number of benzene rings is 2. The van der Waals surface area contributed by atoms with Crippen molar-refractivity contribution in [2.24, 2.45) is 17.4 Å². The van der Waals surface area contributed by atoms with Crippen LogP contribution < -0.4 is 5.32 Å². The number of amides is 1. The molecule has 0 aliphatic carbocycles. The molecule has 3 heterocycles. The molecule has 5 rings (SSSR count). The van der Waals surface area contributed by atoms with Crippen LogP contribution in [0.3, 0.4) is 0 Å². The van der Waals surface area contributed by atoms with Gasteiger partial charge in [0.2, 0.25) is 5.91 Å². The number of nitrogens with zero attached hydrogens (tertiary/aromatic N) is 4. The van der Waals surface area contributed by atoms with E-state index in [-0.39, 0.29) is 22.5 Å². The molecule has 1 amide bonds. The first-order chi connectivity index (χ1) is 16.3. The number of nitrogens with one attached hydrogen (secondary N) is 1. The molecule has 3 aromatic rings. The minimum Gasteiger partial charge on any atom is -0.355 e. The van der Waals surface area contributed by atoms with Crippen LogP contribution in [0.1, 0.15) is 35.8 Å². The van der Waals surface area contributed by atoms with Crippen LogP contribution in [0.15, 0.2) is 70.2 Å². The van der Waals surface area contributed by atoms with Crippen molar-refractivity contribution in [3.8, 4) is 0 Å². The zero-order valence-electron chi connectivity index (χ0n) is 18.6. The predicted molar refractivity (Wildman–Crippen MR) is 124 cm³/mol. The number of imidazole rings is 1. The van der Waals surface area contributed by atoms with Crippen molar-refractivity contribution in [1.29, 1.82) is 0 Å². The Morgan fingerprint density at radius 3 is 2.62 bits per heavy atom. The summed E-state index contributed by atoms with van der Waals surface area (Å²) in [5, 5.41) is 3.05. The molecule has 1 aromatic heterocycles. The average Bonchev–Trinajstić information content (AvgIpc) is 3.38. The zero-order valence-corrected chi connectivity index (χ0v) is 19.4. The maximum atomic E-state index is 13.9. The van der Waals surface area contributed by atoms with Crippen molar-refractivity contribution in [2.75, 3.05) is 13.1 Å².